The summed E-state index contributed by atoms with van der Waals surface area (Å²) in [5, 5.41) is 21.2. The summed E-state index contributed by atoms with van der Waals surface area (Å²) in [6, 6.07) is 13.9. The van der Waals surface area contributed by atoms with Gasteiger partial charge in [0.25, 0.3) is 28.4 Å². The molecule has 5 rings (SSSR count). The van der Waals surface area contributed by atoms with E-state index >= 15 is 0 Å². The summed E-state index contributed by atoms with van der Waals surface area (Å²) in [6.07, 6.45) is 0. The third-order valence-corrected chi connectivity index (χ3v) is 6.91. The number of nitrogens with two attached hydrogens (primary N) is 1. The average Bonchev–Trinajstić information content (AvgIpc) is 3.39. The standard InChI is InChI=1S/C28H23N7O7S/c1-13(16-5-7-17(8-6-16)26(40)41)32-24(38)18-10-19(35-27(33-18)34-42-28(35)43)25(39)31-12-15-4-2-3-14(9-15)11-30-21-20(29)22(36)23(21)37/h2-10,13,30H,11-12,29H2,1H3,(H,31,39)(H,32,38)(H,40,41)/t13-/m0/s1. The number of amides is 2. The van der Waals surface area contributed by atoms with E-state index < -0.39 is 34.7 Å². The number of benzene rings is 2. The lowest BCUT2D eigenvalue weighted by molar-refractivity contribution is 0.0696. The van der Waals surface area contributed by atoms with Gasteiger partial charge in [0.2, 0.25) is 0 Å². The molecule has 0 spiro atoms. The van der Waals surface area contributed by atoms with E-state index in [4.69, 9.17) is 27.6 Å². The highest BCUT2D eigenvalue weighted by atomic mass is 32.1. The summed E-state index contributed by atoms with van der Waals surface area (Å²) >= 11 is 5.16. The van der Waals surface area contributed by atoms with Crippen LogP contribution in [0.5, 0.6) is 0 Å². The minimum absolute atomic E-state index is 0.0340. The number of carbonyl (C=O) groups is 3. The highest BCUT2D eigenvalue weighted by molar-refractivity contribution is 7.71. The van der Waals surface area contributed by atoms with Crippen molar-refractivity contribution in [2.24, 2.45) is 0 Å². The number of nitrogens with one attached hydrogen (secondary N) is 3. The van der Waals surface area contributed by atoms with Gasteiger partial charge in [0.05, 0.1) is 11.6 Å². The van der Waals surface area contributed by atoms with Crippen molar-refractivity contribution in [1.29, 1.82) is 0 Å². The Hall–Kier alpha value is -5.70. The van der Waals surface area contributed by atoms with Gasteiger partial charge < -0.3 is 31.3 Å². The number of carboxylic acids is 1. The van der Waals surface area contributed by atoms with Crippen molar-refractivity contribution in [3.63, 3.8) is 0 Å². The fraction of sp³-hybridized carbons (Fsp3) is 0.143. The zero-order chi connectivity index (χ0) is 30.8. The lowest BCUT2D eigenvalue weighted by Gasteiger charge is -2.15. The van der Waals surface area contributed by atoms with Crippen molar-refractivity contribution in [3.8, 4) is 0 Å². The number of aromatic nitrogens is 3. The van der Waals surface area contributed by atoms with Crippen molar-refractivity contribution < 1.29 is 24.0 Å². The molecule has 5 aromatic rings. The molecule has 0 aliphatic carbocycles. The molecule has 0 fully saturated rings. The number of carbonyl (C=O) groups excluding carboxylic acids is 2. The third-order valence-electron chi connectivity index (χ3n) is 6.65. The molecule has 0 saturated carbocycles. The van der Waals surface area contributed by atoms with Crippen molar-refractivity contribution in [1.82, 2.24) is 25.2 Å². The SMILES string of the molecule is C[C@H](NC(=O)c1cc(C(=O)NCc2cccc(CNc3c(N)c(=O)c3=O)c2)n2c(=S)onc2n1)c1ccc(C(=O)O)cc1. The van der Waals surface area contributed by atoms with E-state index in [2.05, 4.69) is 26.1 Å². The molecule has 0 radical (unpaired) electrons. The minimum Gasteiger partial charge on any atom is -0.478 e. The zero-order valence-electron chi connectivity index (χ0n) is 22.4. The van der Waals surface area contributed by atoms with Crippen molar-refractivity contribution >= 4 is 47.2 Å². The van der Waals surface area contributed by atoms with E-state index in [1.54, 1.807) is 43.3 Å². The lowest BCUT2D eigenvalue weighted by Crippen LogP contribution is -2.36. The maximum Gasteiger partial charge on any atom is 0.335 e. The van der Waals surface area contributed by atoms with Gasteiger partial charge in [0.1, 0.15) is 22.8 Å². The van der Waals surface area contributed by atoms with Gasteiger partial charge in [-0.2, -0.15) is 0 Å². The van der Waals surface area contributed by atoms with Gasteiger partial charge in [0, 0.05) is 13.1 Å². The van der Waals surface area contributed by atoms with Crippen LogP contribution in [0.3, 0.4) is 0 Å². The number of aromatic carboxylic acids is 1. The Balaban J connectivity index is 1.30. The van der Waals surface area contributed by atoms with Crippen LogP contribution in [0.25, 0.3) is 5.78 Å². The van der Waals surface area contributed by atoms with Crippen LogP contribution in [-0.2, 0) is 13.1 Å². The second-order valence-electron chi connectivity index (χ2n) is 9.54. The Morgan fingerprint density at radius 1 is 1.02 bits per heavy atom. The predicted octanol–water partition coefficient (Wildman–Crippen LogP) is 1.96. The van der Waals surface area contributed by atoms with Crippen LogP contribution in [0.2, 0.25) is 0 Å². The molecular weight excluding hydrogens is 578 g/mol. The van der Waals surface area contributed by atoms with Gasteiger partial charge in [0.15, 0.2) is 0 Å². The molecule has 14 nitrogen and oxygen atoms in total. The largest absolute Gasteiger partial charge is 0.478 e. The average molecular weight is 602 g/mol. The Kier molecular flexibility index (Phi) is 7.81. The Labute approximate surface area is 246 Å². The second-order valence-corrected chi connectivity index (χ2v) is 9.89. The number of hydrogen-bond acceptors (Lipinski definition) is 11. The number of fused-ring (bicyclic) bond motifs is 1. The summed E-state index contributed by atoms with van der Waals surface area (Å²) in [4.78, 5) is 64.4. The highest BCUT2D eigenvalue weighted by Crippen LogP contribution is 2.16. The summed E-state index contributed by atoms with van der Waals surface area (Å²) < 4.78 is 6.22. The van der Waals surface area contributed by atoms with Crippen LogP contribution >= 0.6 is 12.2 Å². The summed E-state index contributed by atoms with van der Waals surface area (Å²) in [5.74, 6) is -2.35. The van der Waals surface area contributed by atoms with E-state index in [1.807, 2.05) is 0 Å². The van der Waals surface area contributed by atoms with E-state index in [1.165, 1.54) is 22.6 Å². The molecular formula is C28H23N7O7S. The van der Waals surface area contributed by atoms with Gasteiger partial charge in [-0.3, -0.25) is 19.2 Å². The van der Waals surface area contributed by atoms with Crippen LogP contribution in [0.1, 0.15) is 61.0 Å². The van der Waals surface area contributed by atoms with Gasteiger partial charge in [-0.15, -0.1) is 0 Å². The summed E-state index contributed by atoms with van der Waals surface area (Å²) in [7, 11) is 0. The molecule has 218 valence electrons. The van der Waals surface area contributed by atoms with Gasteiger partial charge in [-0.1, -0.05) is 36.4 Å². The molecule has 0 bridgehead atoms. The van der Waals surface area contributed by atoms with Crippen LogP contribution in [0.4, 0.5) is 11.4 Å². The van der Waals surface area contributed by atoms with E-state index in [0.717, 1.165) is 11.1 Å². The Morgan fingerprint density at radius 2 is 1.72 bits per heavy atom. The van der Waals surface area contributed by atoms with Crippen molar-refractivity contribution in [2.45, 2.75) is 26.1 Å². The maximum atomic E-state index is 13.3. The molecule has 0 saturated heterocycles. The molecule has 6 N–H and O–H groups in total. The summed E-state index contributed by atoms with van der Waals surface area (Å²) in [6.45, 7) is 2.05. The molecule has 0 unspecified atom stereocenters. The molecule has 3 aromatic carbocycles. The van der Waals surface area contributed by atoms with Crippen LogP contribution < -0.4 is 32.5 Å². The van der Waals surface area contributed by atoms with E-state index in [0.29, 0.717) is 5.56 Å². The fourth-order valence-electron chi connectivity index (χ4n) is 4.30. The number of nitrogens with zero attached hydrogens (tertiary/aromatic N) is 3. The van der Waals surface area contributed by atoms with Crippen molar-refractivity contribution in [2.75, 3.05) is 11.1 Å². The first kappa shape index (κ1) is 28.8. The number of anilines is 2. The van der Waals surface area contributed by atoms with Gasteiger partial charge in [-0.25, -0.2) is 14.2 Å². The molecule has 1 atom stereocenters. The number of rotatable bonds is 10. The zero-order valence-corrected chi connectivity index (χ0v) is 23.2. The molecule has 2 amide bonds. The van der Waals surface area contributed by atoms with Gasteiger partial charge >= 0.3 is 10.8 Å². The topological polar surface area (TPSA) is 211 Å². The Morgan fingerprint density at radius 3 is 2.40 bits per heavy atom. The quantitative estimate of drug-likeness (QED) is 0.115. The number of nitrogen functional groups attached to an aromatic ring is 1. The molecule has 0 aliphatic rings. The molecule has 15 heteroatoms. The molecule has 2 aromatic heterocycles. The first-order valence-electron chi connectivity index (χ1n) is 12.8. The number of carboxylic acid groups (broad SMARTS) is 1. The minimum atomic E-state index is -1.06. The molecule has 43 heavy (non-hydrogen) atoms. The first-order valence-corrected chi connectivity index (χ1v) is 13.2. The lowest BCUT2D eigenvalue weighted by atomic mass is 10.1. The highest BCUT2D eigenvalue weighted by Gasteiger charge is 2.21. The normalized spacial score (nSPS) is 11.7. The monoisotopic (exact) mass is 601 g/mol. The third kappa shape index (κ3) is 5.87. The second kappa shape index (κ2) is 11.7. The maximum absolute atomic E-state index is 13.3. The Bertz CT molecular complexity index is 2020. The van der Waals surface area contributed by atoms with E-state index in [-0.39, 0.29) is 52.0 Å². The fourth-order valence-corrected chi connectivity index (χ4v) is 4.52. The predicted molar refractivity (Wildman–Crippen MR) is 156 cm³/mol. The first-order chi connectivity index (χ1) is 20.5. The van der Waals surface area contributed by atoms with E-state index in [9.17, 15) is 24.0 Å². The van der Waals surface area contributed by atoms with Crippen molar-refractivity contribution in [3.05, 3.63) is 114 Å². The van der Waals surface area contributed by atoms with Gasteiger partial charge in [-0.05, 0) is 59.2 Å². The van der Waals surface area contributed by atoms with Crippen LogP contribution in [0.15, 0.2) is 68.7 Å². The summed E-state index contributed by atoms with van der Waals surface area (Å²) in [5.41, 5.74) is 6.30. The number of hydrogen-bond donors (Lipinski definition) is 5. The van der Waals surface area contributed by atoms with Crippen LogP contribution in [-0.4, -0.2) is 37.4 Å². The van der Waals surface area contributed by atoms with Crippen LogP contribution in [0, 0.1) is 4.84 Å². The molecule has 2 heterocycles. The smallest absolute Gasteiger partial charge is 0.335 e. The molecule has 0 aliphatic heterocycles.